The lowest BCUT2D eigenvalue weighted by Gasteiger charge is -2.07. The average Bonchev–Trinajstić information content (AvgIpc) is 2.69. The van der Waals surface area contributed by atoms with Crippen LogP contribution in [0.15, 0.2) is 28.7 Å². The molecular weight excluding hydrogens is 317 g/mol. The molecule has 96 valence electrons. The van der Waals surface area contributed by atoms with Crippen molar-refractivity contribution in [3.63, 3.8) is 0 Å². The zero-order valence-corrected chi connectivity index (χ0v) is 12.3. The van der Waals surface area contributed by atoms with Gasteiger partial charge in [0.1, 0.15) is 18.2 Å². The van der Waals surface area contributed by atoms with Crippen LogP contribution in [-0.2, 0) is 13.2 Å². The Labute approximate surface area is 118 Å². The normalized spacial score (nSPS) is 10.7. The Bertz CT molecular complexity index is 556. The Morgan fingerprint density at radius 2 is 2.17 bits per heavy atom. The smallest absolute Gasteiger partial charge is 0.134 e. The minimum absolute atomic E-state index is 0.286. The van der Waals surface area contributed by atoms with E-state index in [1.807, 2.05) is 6.92 Å². The number of hydrogen-bond donors (Lipinski definition) is 1. The number of benzene rings is 1. The molecule has 0 aliphatic heterocycles. The van der Waals surface area contributed by atoms with E-state index < -0.39 is 0 Å². The van der Waals surface area contributed by atoms with Crippen LogP contribution in [0.4, 0.5) is 4.39 Å². The number of ether oxygens (including phenoxy) is 1. The Morgan fingerprint density at radius 1 is 1.39 bits per heavy atom. The van der Waals surface area contributed by atoms with Crippen molar-refractivity contribution in [3.8, 4) is 5.75 Å². The summed E-state index contributed by atoms with van der Waals surface area (Å²) < 4.78 is 19.2. The van der Waals surface area contributed by atoms with Crippen molar-refractivity contribution >= 4 is 27.3 Å². The molecule has 2 aromatic rings. The molecule has 0 saturated carbocycles. The van der Waals surface area contributed by atoms with E-state index in [-0.39, 0.29) is 5.82 Å². The molecule has 18 heavy (non-hydrogen) atoms. The first kappa shape index (κ1) is 13.5. The Balaban J connectivity index is 2.08. The number of thiophene rings is 1. The van der Waals surface area contributed by atoms with Crippen LogP contribution < -0.4 is 10.5 Å². The molecule has 0 fully saturated rings. The van der Waals surface area contributed by atoms with Gasteiger partial charge >= 0.3 is 0 Å². The van der Waals surface area contributed by atoms with Crippen LogP contribution >= 0.6 is 27.3 Å². The fourth-order valence-electron chi connectivity index (χ4n) is 1.58. The number of nitrogens with two attached hydrogens (primary N) is 1. The van der Waals surface area contributed by atoms with Crippen LogP contribution in [0.2, 0.25) is 0 Å². The van der Waals surface area contributed by atoms with Crippen molar-refractivity contribution < 1.29 is 9.13 Å². The zero-order chi connectivity index (χ0) is 13.1. The van der Waals surface area contributed by atoms with E-state index in [9.17, 15) is 4.39 Å². The van der Waals surface area contributed by atoms with E-state index in [0.29, 0.717) is 23.4 Å². The quantitative estimate of drug-likeness (QED) is 0.920. The minimum atomic E-state index is -0.286. The van der Waals surface area contributed by atoms with Gasteiger partial charge in [0.25, 0.3) is 0 Å². The first-order valence-corrected chi connectivity index (χ1v) is 7.07. The van der Waals surface area contributed by atoms with Gasteiger partial charge in [-0.05, 0) is 47.1 Å². The van der Waals surface area contributed by atoms with Gasteiger partial charge < -0.3 is 10.5 Å². The van der Waals surface area contributed by atoms with Gasteiger partial charge in [0, 0.05) is 21.9 Å². The average molecular weight is 330 g/mol. The topological polar surface area (TPSA) is 35.2 Å². The lowest BCUT2D eigenvalue weighted by Crippen LogP contribution is -1.97. The van der Waals surface area contributed by atoms with Crippen molar-refractivity contribution in [2.24, 2.45) is 5.73 Å². The lowest BCUT2D eigenvalue weighted by atomic mass is 10.2. The van der Waals surface area contributed by atoms with Crippen molar-refractivity contribution in [2.75, 3.05) is 0 Å². The molecule has 2 rings (SSSR count). The maximum absolute atomic E-state index is 12.9. The number of rotatable bonds is 4. The van der Waals surface area contributed by atoms with Gasteiger partial charge in [-0.2, -0.15) is 0 Å². The van der Waals surface area contributed by atoms with Gasteiger partial charge in [-0.1, -0.05) is 0 Å². The monoisotopic (exact) mass is 329 g/mol. The van der Waals surface area contributed by atoms with Gasteiger partial charge in [0.2, 0.25) is 0 Å². The van der Waals surface area contributed by atoms with E-state index in [1.165, 1.54) is 17.0 Å². The van der Waals surface area contributed by atoms with Gasteiger partial charge in [0.15, 0.2) is 0 Å². The molecule has 0 unspecified atom stereocenters. The highest BCUT2D eigenvalue weighted by Gasteiger charge is 2.07. The zero-order valence-electron chi connectivity index (χ0n) is 9.87. The van der Waals surface area contributed by atoms with Crippen LogP contribution in [0.1, 0.15) is 15.3 Å². The highest BCUT2D eigenvalue weighted by atomic mass is 79.9. The summed E-state index contributed by atoms with van der Waals surface area (Å²) in [7, 11) is 0. The summed E-state index contributed by atoms with van der Waals surface area (Å²) >= 11 is 4.96. The Morgan fingerprint density at radius 3 is 2.78 bits per heavy atom. The molecule has 0 amide bonds. The molecule has 1 aromatic carbocycles. The maximum Gasteiger partial charge on any atom is 0.134 e. The molecule has 1 heterocycles. The van der Waals surface area contributed by atoms with Gasteiger partial charge in [-0.15, -0.1) is 11.3 Å². The largest absolute Gasteiger partial charge is 0.488 e. The third-order valence-corrected chi connectivity index (χ3v) is 4.28. The molecule has 0 saturated heterocycles. The van der Waals surface area contributed by atoms with E-state index in [1.54, 1.807) is 17.4 Å². The second kappa shape index (κ2) is 5.82. The summed E-state index contributed by atoms with van der Waals surface area (Å²) in [6, 6.07) is 6.44. The predicted molar refractivity (Wildman–Crippen MR) is 75.4 cm³/mol. The summed E-state index contributed by atoms with van der Waals surface area (Å²) in [5.41, 5.74) is 6.72. The Kier molecular flexibility index (Phi) is 4.37. The Hall–Kier alpha value is -0.910. The van der Waals surface area contributed by atoms with Gasteiger partial charge in [-0.25, -0.2) is 4.39 Å². The molecule has 0 spiro atoms. The van der Waals surface area contributed by atoms with Crippen LogP contribution in [0.3, 0.4) is 0 Å². The molecule has 0 radical (unpaired) electrons. The van der Waals surface area contributed by atoms with E-state index in [0.717, 1.165) is 10.4 Å². The minimum Gasteiger partial charge on any atom is -0.488 e. The van der Waals surface area contributed by atoms with Crippen molar-refractivity contribution in [1.82, 2.24) is 0 Å². The summed E-state index contributed by atoms with van der Waals surface area (Å²) in [4.78, 5) is 2.35. The number of hydrogen-bond acceptors (Lipinski definition) is 3. The third-order valence-electron chi connectivity index (χ3n) is 2.55. The van der Waals surface area contributed by atoms with Crippen LogP contribution in [0, 0.1) is 12.7 Å². The first-order chi connectivity index (χ1) is 8.60. The number of halogens is 2. The molecule has 2 N–H and O–H groups in total. The fraction of sp³-hybridized carbons (Fsp3) is 0.231. The predicted octanol–water partition coefficient (Wildman–Crippen LogP) is 4.00. The van der Waals surface area contributed by atoms with Gasteiger partial charge in [0.05, 0.1) is 4.47 Å². The van der Waals surface area contributed by atoms with Crippen molar-refractivity contribution in [2.45, 2.75) is 20.1 Å². The van der Waals surface area contributed by atoms with E-state index >= 15 is 0 Å². The maximum atomic E-state index is 12.9. The lowest BCUT2D eigenvalue weighted by molar-refractivity contribution is 0.303. The highest BCUT2D eigenvalue weighted by Crippen LogP contribution is 2.28. The van der Waals surface area contributed by atoms with Crippen LogP contribution in [0.25, 0.3) is 0 Å². The molecule has 0 aliphatic carbocycles. The standard InChI is InChI=1S/C13H13BrFNOS/c1-8-9(4-11(6-16)18-8)7-17-13-3-2-10(15)5-12(13)14/h2-5H,6-7,16H2,1H3. The molecule has 0 atom stereocenters. The SMILES string of the molecule is Cc1sc(CN)cc1COc1ccc(F)cc1Br. The van der Waals surface area contributed by atoms with Crippen molar-refractivity contribution in [3.05, 3.63) is 49.9 Å². The van der Waals surface area contributed by atoms with Crippen LogP contribution in [-0.4, -0.2) is 0 Å². The second-order valence-corrected chi connectivity index (χ2v) is 6.06. The molecule has 2 nitrogen and oxygen atoms in total. The summed E-state index contributed by atoms with van der Waals surface area (Å²) in [6.07, 6.45) is 0. The summed E-state index contributed by atoms with van der Waals surface area (Å²) in [6.45, 7) is 3.06. The summed E-state index contributed by atoms with van der Waals surface area (Å²) in [5, 5.41) is 0. The van der Waals surface area contributed by atoms with E-state index in [2.05, 4.69) is 22.0 Å². The number of aryl methyl sites for hydroxylation is 1. The second-order valence-electron chi connectivity index (χ2n) is 3.86. The molecule has 0 bridgehead atoms. The van der Waals surface area contributed by atoms with Gasteiger partial charge in [-0.3, -0.25) is 0 Å². The third kappa shape index (κ3) is 3.10. The molecule has 5 heteroatoms. The molecule has 0 aliphatic rings. The highest BCUT2D eigenvalue weighted by molar-refractivity contribution is 9.10. The van der Waals surface area contributed by atoms with E-state index in [4.69, 9.17) is 10.5 Å². The van der Waals surface area contributed by atoms with Crippen LogP contribution in [0.5, 0.6) is 5.75 Å². The fourth-order valence-corrected chi connectivity index (χ4v) is 2.97. The summed E-state index contributed by atoms with van der Waals surface area (Å²) in [5.74, 6) is 0.350. The first-order valence-electron chi connectivity index (χ1n) is 5.46. The molecule has 1 aromatic heterocycles. The van der Waals surface area contributed by atoms with Crippen molar-refractivity contribution in [1.29, 1.82) is 0 Å². The molecular formula is C13H13BrFNOS.